The molecule has 1 aromatic carbocycles. The molecule has 0 aromatic heterocycles. The van der Waals surface area contributed by atoms with Crippen molar-refractivity contribution in [2.75, 3.05) is 6.54 Å². The van der Waals surface area contributed by atoms with E-state index in [1.807, 2.05) is 30.3 Å². The van der Waals surface area contributed by atoms with E-state index in [0.29, 0.717) is 6.42 Å². The summed E-state index contributed by atoms with van der Waals surface area (Å²) in [5.74, 6) is -4.47. The largest absolute Gasteiger partial charge is 0.480 e. The van der Waals surface area contributed by atoms with E-state index in [0.717, 1.165) is 5.56 Å². The van der Waals surface area contributed by atoms with Crippen LogP contribution in [0, 0.1) is 0 Å². The summed E-state index contributed by atoms with van der Waals surface area (Å²) in [6.45, 7) is -0.249. The van der Waals surface area contributed by atoms with Gasteiger partial charge in [-0.05, 0) is 37.7 Å². The molecule has 1 amide bonds. The molecule has 0 aliphatic heterocycles. The number of unbranched alkanes of at least 4 members (excludes halogenated alkanes) is 1. The topological polar surface area (TPSA) is 116 Å². The molecule has 2 atom stereocenters. The zero-order valence-electron chi connectivity index (χ0n) is 15.0. The van der Waals surface area contributed by atoms with Crippen molar-refractivity contribution in [1.82, 2.24) is 10.6 Å². The van der Waals surface area contributed by atoms with E-state index in [4.69, 9.17) is 0 Å². The number of nitrogens with one attached hydrogen (secondary N) is 2. The molecule has 1 unspecified atom stereocenters. The fourth-order valence-corrected chi connectivity index (χ4v) is 2.53. The summed E-state index contributed by atoms with van der Waals surface area (Å²) in [7, 11) is 0. The van der Waals surface area contributed by atoms with E-state index in [2.05, 4.69) is 5.32 Å². The van der Waals surface area contributed by atoms with Crippen LogP contribution < -0.4 is 10.6 Å². The van der Waals surface area contributed by atoms with Gasteiger partial charge in [0.1, 0.15) is 12.1 Å². The van der Waals surface area contributed by atoms with E-state index in [1.54, 1.807) is 5.32 Å². The molecule has 0 aliphatic carbocycles. The average molecular weight is 404 g/mol. The molecule has 0 spiro atoms. The number of carboxylic acids is 2. The predicted molar refractivity (Wildman–Crippen MR) is 93.7 cm³/mol. The fourth-order valence-electron chi connectivity index (χ4n) is 2.53. The third kappa shape index (κ3) is 8.85. The van der Waals surface area contributed by atoms with Crippen molar-refractivity contribution in [3.05, 3.63) is 35.9 Å². The molecule has 0 aliphatic rings. The minimum atomic E-state index is -4.96. The molecule has 0 bridgehead atoms. The second kappa shape index (κ2) is 11.3. The van der Waals surface area contributed by atoms with Gasteiger partial charge in [-0.2, -0.15) is 13.2 Å². The Kier molecular flexibility index (Phi) is 9.43. The van der Waals surface area contributed by atoms with Gasteiger partial charge in [0, 0.05) is 6.54 Å². The highest BCUT2D eigenvalue weighted by Gasteiger charge is 2.38. The SMILES string of the molecule is O=C(O)C(CCc1ccccc1)N[C@@H](CCCCNC(=O)C(F)(F)F)C(=O)O. The number of benzene rings is 1. The van der Waals surface area contributed by atoms with Gasteiger partial charge in [-0.3, -0.25) is 19.7 Å². The first kappa shape index (κ1) is 23.4. The second-order valence-corrected chi connectivity index (χ2v) is 6.22. The number of rotatable bonds is 12. The quantitative estimate of drug-likeness (QED) is 0.396. The molecule has 7 nitrogen and oxygen atoms in total. The molecule has 0 heterocycles. The van der Waals surface area contributed by atoms with Crippen LogP contribution in [0.4, 0.5) is 13.2 Å². The zero-order valence-corrected chi connectivity index (χ0v) is 15.0. The molecular formula is C18H23F3N2O5. The molecule has 0 fully saturated rings. The van der Waals surface area contributed by atoms with E-state index in [1.165, 1.54) is 0 Å². The van der Waals surface area contributed by atoms with E-state index in [-0.39, 0.29) is 32.2 Å². The summed E-state index contributed by atoms with van der Waals surface area (Å²) in [6.07, 6.45) is -3.97. The summed E-state index contributed by atoms with van der Waals surface area (Å²) < 4.78 is 36.2. The molecule has 1 aromatic rings. The van der Waals surface area contributed by atoms with Crippen LogP contribution >= 0.6 is 0 Å². The lowest BCUT2D eigenvalue weighted by molar-refractivity contribution is -0.173. The number of carbonyl (C=O) groups excluding carboxylic acids is 1. The molecule has 4 N–H and O–H groups in total. The minimum Gasteiger partial charge on any atom is -0.480 e. The third-order valence-corrected chi connectivity index (χ3v) is 4.03. The number of aryl methyl sites for hydroxylation is 1. The predicted octanol–water partition coefficient (Wildman–Crippen LogP) is 1.96. The molecule has 10 heteroatoms. The number of hydrogen-bond donors (Lipinski definition) is 4. The standard InChI is InChI=1S/C18H23F3N2O5/c19-18(20,21)17(28)22-11-5-4-8-13(15(24)25)23-14(16(26)27)10-9-12-6-2-1-3-7-12/h1-3,6-7,13-14,23H,4-5,8-11H2,(H,22,28)(H,24,25)(H,26,27)/t13-,14?/m0/s1. The minimum absolute atomic E-state index is 0.0202. The number of carbonyl (C=O) groups is 3. The van der Waals surface area contributed by atoms with Gasteiger partial charge in [-0.15, -0.1) is 0 Å². The zero-order chi connectivity index (χ0) is 21.2. The van der Waals surface area contributed by atoms with Crippen molar-refractivity contribution in [3.63, 3.8) is 0 Å². The van der Waals surface area contributed by atoms with E-state index >= 15 is 0 Å². The van der Waals surface area contributed by atoms with Crippen LogP contribution in [-0.2, 0) is 20.8 Å². The number of carboxylic acid groups (broad SMARTS) is 2. The van der Waals surface area contributed by atoms with Crippen LogP contribution in [0.25, 0.3) is 0 Å². The Morgan fingerprint density at radius 3 is 2.04 bits per heavy atom. The number of aliphatic carboxylic acids is 2. The molecule has 0 saturated heterocycles. The molecule has 0 saturated carbocycles. The van der Waals surface area contributed by atoms with Crippen molar-refractivity contribution < 1.29 is 37.8 Å². The summed E-state index contributed by atoms with van der Waals surface area (Å²) in [6, 6.07) is 6.90. The lowest BCUT2D eigenvalue weighted by atomic mass is 10.0. The summed E-state index contributed by atoms with van der Waals surface area (Å²) >= 11 is 0. The average Bonchev–Trinajstić information content (AvgIpc) is 2.62. The van der Waals surface area contributed by atoms with Gasteiger partial charge in [-0.1, -0.05) is 30.3 Å². The van der Waals surface area contributed by atoms with Crippen molar-refractivity contribution in [1.29, 1.82) is 0 Å². The van der Waals surface area contributed by atoms with Crippen molar-refractivity contribution in [2.24, 2.45) is 0 Å². The maximum Gasteiger partial charge on any atom is 0.471 e. The van der Waals surface area contributed by atoms with Gasteiger partial charge in [0.15, 0.2) is 0 Å². The van der Waals surface area contributed by atoms with Crippen LogP contribution in [0.15, 0.2) is 30.3 Å². The smallest absolute Gasteiger partial charge is 0.471 e. The highest BCUT2D eigenvalue weighted by molar-refractivity contribution is 5.81. The highest BCUT2D eigenvalue weighted by Crippen LogP contribution is 2.14. The number of alkyl halides is 3. The molecule has 1 rings (SSSR count). The van der Waals surface area contributed by atoms with Crippen LogP contribution in [-0.4, -0.2) is 52.9 Å². The van der Waals surface area contributed by atoms with Crippen molar-refractivity contribution in [3.8, 4) is 0 Å². The molecule has 28 heavy (non-hydrogen) atoms. The van der Waals surface area contributed by atoms with Crippen molar-refractivity contribution >= 4 is 17.8 Å². The van der Waals surface area contributed by atoms with Crippen LogP contribution in [0.3, 0.4) is 0 Å². The summed E-state index contributed by atoms with van der Waals surface area (Å²) in [5, 5.41) is 22.9. The summed E-state index contributed by atoms with van der Waals surface area (Å²) in [5.41, 5.74) is 0.919. The van der Waals surface area contributed by atoms with E-state index in [9.17, 15) is 37.8 Å². The highest BCUT2D eigenvalue weighted by atomic mass is 19.4. The lowest BCUT2D eigenvalue weighted by Gasteiger charge is -2.20. The first-order chi connectivity index (χ1) is 13.1. The Morgan fingerprint density at radius 1 is 0.929 bits per heavy atom. The van der Waals surface area contributed by atoms with Crippen molar-refractivity contribution in [2.45, 2.75) is 50.4 Å². The Hall–Kier alpha value is -2.62. The van der Waals surface area contributed by atoms with Gasteiger partial charge in [0.2, 0.25) is 0 Å². The second-order valence-electron chi connectivity index (χ2n) is 6.22. The fraction of sp³-hybridized carbons (Fsp3) is 0.500. The first-order valence-corrected chi connectivity index (χ1v) is 8.72. The molecular weight excluding hydrogens is 381 g/mol. The molecule has 156 valence electrons. The van der Waals surface area contributed by atoms with Gasteiger partial charge in [0.05, 0.1) is 0 Å². The normalized spacial score (nSPS) is 13.5. The Labute approximate surface area is 159 Å². The maximum absolute atomic E-state index is 12.1. The lowest BCUT2D eigenvalue weighted by Crippen LogP contribution is -2.47. The Morgan fingerprint density at radius 2 is 1.50 bits per heavy atom. The van der Waals surface area contributed by atoms with Gasteiger partial charge >= 0.3 is 24.0 Å². The first-order valence-electron chi connectivity index (χ1n) is 8.72. The van der Waals surface area contributed by atoms with E-state index < -0.39 is 36.1 Å². The van der Waals surface area contributed by atoms with Gasteiger partial charge < -0.3 is 15.5 Å². The van der Waals surface area contributed by atoms with Gasteiger partial charge in [0.25, 0.3) is 0 Å². The number of halogens is 3. The third-order valence-electron chi connectivity index (χ3n) is 4.03. The monoisotopic (exact) mass is 404 g/mol. The van der Waals surface area contributed by atoms with Crippen LogP contribution in [0.2, 0.25) is 0 Å². The van der Waals surface area contributed by atoms with Gasteiger partial charge in [-0.25, -0.2) is 0 Å². The number of amides is 1. The Balaban J connectivity index is 2.46. The Bertz CT molecular complexity index is 652. The van der Waals surface area contributed by atoms with Crippen LogP contribution in [0.1, 0.15) is 31.2 Å². The van der Waals surface area contributed by atoms with Crippen LogP contribution in [0.5, 0.6) is 0 Å². The molecule has 0 radical (unpaired) electrons. The maximum atomic E-state index is 12.1. The number of hydrogen-bond acceptors (Lipinski definition) is 4. The summed E-state index contributed by atoms with van der Waals surface area (Å²) in [4.78, 5) is 33.4.